The lowest BCUT2D eigenvalue weighted by Gasteiger charge is -2.22. The Morgan fingerprint density at radius 2 is 2.13 bits per heavy atom. The summed E-state index contributed by atoms with van der Waals surface area (Å²) in [7, 11) is 1.44. The molecular formula is C11H20N2O2. The van der Waals surface area contributed by atoms with E-state index in [0.717, 1.165) is 45.2 Å². The number of carbonyl (C=O) groups excluding carboxylic acids is 1. The molecule has 0 aromatic heterocycles. The average molecular weight is 212 g/mol. The molecular weight excluding hydrogens is 192 g/mol. The molecule has 2 rings (SSSR count). The lowest BCUT2D eigenvalue weighted by Crippen LogP contribution is -2.35. The van der Waals surface area contributed by atoms with Crippen molar-refractivity contribution in [3.05, 3.63) is 0 Å². The van der Waals surface area contributed by atoms with Gasteiger partial charge < -0.3 is 15.4 Å². The van der Waals surface area contributed by atoms with Crippen molar-refractivity contribution in [3.63, 3.8) is 0 Å². The van der Waals surface area contributed by atoms with E-state index in [1.807, 2.05) is 0 Å². The van der Waals surface area contributed by atoms with Crippen LogP contribution < -0.4 is 5.73 Å². The standard InChI is InChI=1S/C11H20N2O2/c1-15-10(14)13-7-2-3-9(4-8-13)11(12)5-6-11/h9H,2-8,12H2,1H3. The molecule has 4 nitrogen and oxygen atoms in total. The zero-order chi connectivity index (χ0) is 10.9. The Balaban J connectivity index is 1.89. The third-order valence-electron chi connectivity index (χ3n) is 3.80. The molecule has 1 unspecified atom stereocenters. The zero-order valence-electron chi connectivity index (χ0n) is 9.37. The van der Waals surface area contributed by atoms with Crippen LogP contribution in [0.3, 0.4) is 0 Å². The molecule has 86 valence electrons. The second-order valence-electron chi connectivity index (χ2n) is 4.82. The first kappa shape index (κ1) is 10.7. The molecule has 1 heterocycles. The molecule has 2 aliphatic rings. The maximum atomic E-state index is 11.4. The van der Waals surface area contributed by atoms with E-state index < -0.39 is 0 Å². The Kier molecular flexibility index (Phi) is 2.87. The Morgan fingerprint density at radius 1 is 1.40 bits per heavy atom. The van der Waals surface area contributed by atoms with E-state index in [1.165, 1.54) is 7.11 Å². The van der Waals surface area contributed by atoms with Crippen molar-refractivity contribution in [2.45, 2.75) is 37.6 Å². The van der Waals surface area contributed by atoms with E-state index in [4.69, 9.17) is 10.5 Å². The predicted octanol–water partition coefficient (Wildman–Crippen LogP) is 1.35. The number of likely N-dealkylation sites (tertiary alicyclic amines) is 1. The van der Waals surface area contributed by atoms with Gasteiger partial charge in [-0.2, -0.15) is 0 Å². The molecule has 0 spiro atoms. The van der Waals surface area contributed by atoms with Gasteiger partial charge in [0.2, 0.25) is 0 Å². The summed E-state index contributed by atoms with van der Waals surface area (Å²) in [6.07, 6.45) is 5.37. The van der Waals surface area contributed by atoms with Gasteiger partial charge in [0.1, 0.15) is 0 Å². The van der Waals surface area contributed by atoms with Gasteiger partial charge in [-0.1, -0.05) is 0 Å². The Bertz CT molecular complexity index is 251. The molecule has 15 heavy (non-hydrogen) atoms. The molecule has 1 saturated heterocycles. The van der Waals surface area contributed by atoms with Crippen LogP contribution in [-0.4, -0.2) is 36.7 Å². The number of methoxy groups -OCH3 is 1. The van der Waals surface area contributed by atoms with E-state index in [-0.39, 0.29) is 11.6 Å². The molecule has 0 radical (unpaired) electrons. The maximum Gasteiger partial charge on any atom is 0.409 e. The summed E-state index contributed by atoms with van der Waals surface area (Å²) < 4.78 is 4.74. The van der Waals surface area contributed by atoms with Crippen LogP contribution in [0.2, 0.25) is 0 Å². The second kappa shape index (κ2) is 4.00. The van der Waals surface area contributed by atoms with Gasteiger partial charge in [-0.3, -0.25) is 0 Å². The number of carbonyl (C=O) groups is 1. The number of nitrogens with zero attached hydrogens (tertiary/aromatic N) is 1. The first-order chi connectivity index (χ1) is 7.15. The summed E-state index contributed by atoms with van der Waals surface area (Å²) in [5.41, 5.74) is 6.31. The smallest absolute Gasteiger partial charge is 0.409 e. The predicted molar refractivity (Wildman–Crippen MR) is 57.5 cm³/mol. The first-order valence-corrected chi connectivity index (χ1v) is 5.77. The van der Waals surface area contributed by atoms with Gasteiger partial charge in [0.25, 0.3) is 0 Å². The Morgan fingerprint density at radius 3 is 2.73 bits per heavy atom. The minimum Gasteiger partial charge on any atom is -0.453 e. The number of hydrogen-bond acceptors (Lipinski definition) is 3. The highest BCUT2D eigenvalue weighted by molar-refractivity contribution is 5.67. The summed E-state index contributed by atoms with van der Waals surface area (Å²) in [6, 6.07) is 0. The van der Waals surface area contributed by atoms with Gasteiger partial charge in [-0.05, 0) is 38.0 Å². The molecule has 1 aliphatic heterocycles. The van der Waals surface area contributed by atoms with Crippen LogP contribution in [0.15, 0.2) is 0 Å². The van der Waals surface area contributed by atoms with Gasteiger partial charge in [0.15, 0.2) is 0 Å². The third kappa shape index (κ3) is 2.25. The highest BCUT2D eigenvalue weighted by Crippen LogP contribution is 2.44. The minimum absolute atomic E-state index is 0.103. The van der Waals surface area contributed by atoms with Crippen LogP contribution in [0, 0.1) is 5.92 Å². The fourth-order valence-corrected chi connectivity index (χ4v) is 2.54. The van der Waals surface area contributed by atoms with Crippen LogP contribution in [0.5, 0.6) is 0 Å². The van der Waals surface area contributed by atoms with Gasteiger partial charge in [0.05, 0.1) is 7.11 Å². The summed E-state index contributed by atoms with van der Waals surface area (Å²) in [5.74, 6) is 0.604. The van der Waals surface area contributed by atoms with E-state index in [2.05, 4.69) is 0 Å². The van der Waals surface area contributed by atoms with Crippen LogP contribution in [0.4, 0.5) is 4.79 Å². The Labute approximate surface area is 90.8 Å². The van der Waals surface area contributed by atoms with Crippen molar-refractivity contribution < 1.29 is 9.53 Å². The van der Waals surface area contributed by atoms with E-state index in [1.54, 1.807) is 4.90 Å². The second-order valence-corrected chi connectivity index (χ2v) is 4.82. The summed E-state index contributed by atoms with van der Waals surface area (Å²) in [6.45, 7) is 1.62. The number of nitrogens with two attached hydrogens (primary N) is 1. The van der Waals surface area contributed by atoms with Crippen molar-refractivity contribution in [1.29, 1.82) is 0 Å². The Hall–Kier alpha value is -0.770. The molecule has 1 amide bonds. The molecule has 2 fully saturated rings. The first-order valence-electron chi connectivity index (χ1n) is 5.77. The number of ether oxygens (including phenoxy) is 1. The SMILES string of the molecule is COC(=O)N1CCCC(C2(N)CC2)CC1. The van der Waals surface area contributed by atoms with E-state index in [9.17, 15) is 4.79 Å². The highest BCUT2D eigenvalue weighted by Gasteiger charge is 2.45. The van der Waals surface area contributed by atoms with Gasteiger partial charge in [-0.15, -0.1) is 0 Å². The fourth-order valence-electron chi connectivity index (χ4n) is 2.54. The maximum absolute atomic E-state index is 11.4. The number of hydrogen-bond donors (Lipinski definition) is 1. The van der Waals surface area contributed by atoms with Crippen molar-refractivity contribution in [3.8, 4) is 0 Å². The van der Waals surface area contributed by atoms with Gasteiger partial charge in [0, 0.05) is 18.6 Å². The van der Waals surface area contributed by atoms with Crippen LogP contribution in [-0.2, 0) is 4.74 Å². The monoisotopic (exact) mass is 212 g/mol. The molecule has 4 heteroatoms. The molecule has 1 saturated carbocycles. The van der Waals surface area contributed by atoms with Gasteiger partial charge >= 0.3 is 6.09 Å². The summed E-state index contributed by atoms with van der Waals surface area (Å²) >= 11 is 0. The van der Waals surface area contributed by atoms with Gasteiger partial charge in [-0.25, -0.2) is 4.79 Å². The van der Waals surface area contributed by atoms with Crippen LogP contribution in [0.1, 0.15) is 32.1 Å². The minimum atomic E-state index is -0.197. The summed E-state index contributed by atoms with van der Waals surface area (Å²) in [4.78, 5) is 13.2. The third-order valence-corrected chi connectivity index (χ3v) is 3.80. The lowest BCUT2D eigenvalue weighted by molar-refractivity contribution is 0.124. The normalized spacial score (nSPS) is 29.5. The fraction of sp³-hybridized carbons (Fsp3) is 0.909. The molecule has 0 aromatic carbocycles. The molecule has 1 aliphatic carbocycles. The molecule has 2 N–H and O–H groups in total. The van der Waals surface area contributed by atoms with E-state index >= 15 is 0 Å². The molecule has 0 bridgehead atoms. The van der Waals surface area contributed by atoms with Crippen molar-refractivity contribution in [1.82, 2.24) is 4.90 Å². The van der Waals surface area contributed by atoms with E-state index in [0.29, 0.717) is 5.92 Å². The van der Waals surface area contributed by atoms with Crippen molar-refractivity contribution in [2.24, 2.45) is 11.7 Å². The molecule has 1 atom stereocenters. The topological polar surface area (TPSA) is 55.6 Å². The number of rotatable bonds is 1. The number of amides is 1. The van der Waals surface area contributed by atoms with Crippen molar-refractivity contribution in [2.75, 3.05) is 20.2 Å². The van der Waals surface area contributed by atoms with Crippen molar-refractivity contribution >= 4 is 6.09 Å². The van der Waals surface area contributed by atoms with Crippen LogP contribution in [0.25, 0.3) is 0 Å². The average Bonchev–Trinajstić information content (AvgIpc) is 3.00. The molecule has 0 aromatic rings. The highest BCUT2D eigenvalue weighted by atomic mass is 16.5. The zero-order valence-corrected chi connectivity index (χ0v) is 9.37. The van der Waals surface area contributed by atoms with Crippen LogP contribution >= 0.6 is 0 Å². The lowest BCUT2D eigenvalue weighted by atomic mass is 9.91. The quantitative estimate of drug-likeness (QED) is 0.713. The largest absolute Gasteiger partial charge is 0.453 e. The summed E-state index contributed by atoms with van der Waals surface area (Å²) in [5, 5.41) is 0.